The quantitative estimate of drug-likeness (QED) is 0.704. The van der Waals surface area contributed by atoms with Crippen LogP contribution in [0.15, 0.2) is 0 Å². The number of hydrogen-bond donors (Lipinski definition) is 1. The van der Waals surface area contributed by atoms with E-state index < -0.39 is 0 Å². The average Bonchev–Trinajstić information content (AvgIpc) is 2.54. The highest BCUT2D eigenvalue weighted by Gasteiger charge is 2.27. The standard InChI is InChI=1S/C11H22N2O/c1-2-4-13(11-6-12-7-11)8-10-3-5-14-9-10/h10-12H,2-9H2,1H3. The third-order valence-electron chi connectivity index (χ3n) is 3.30. The second kappa shape index (κ2) is 5.10. The van der Waals surface area contributed by atoms with Gasteiger partial charge in [-0.1, -0.05) is 6.92 Å². The van der Waals surface area contributed by atoms with Gasteiger partial charge in [0.1, 0.15) is 0 Å². The predicted molar refractivity (Wildman–Crippen MR) is 57.4 cm³/mol. The van der Waals surface area contributed by atoms with Crippen LogP contribution in [0.3, 0.4) is 0 Å². The summed E-state index contributed by atoms with van der Waals surface area (Å²) in [6.45, 7) is 9.11. The lowest BCUT2D eigenvalue weighted by molar-refractivity contribution is 0.113. The summed E-state index contributed by atoms with van der Waals surface area (Å²) in [4.78, 5) is 2.65. The highest BCUT2D eigenvalue weighted by Crippen LogP contribution is 2.16. The van der Waals surface area contributed by atoms with Gasteiger partial charge in [-0.25, -0.2) is 0 Å². The summed E-state index contributed by atoms with van der Waals surface area (Å²) in [6.07, 6.45) is 2.53. The molecule has 1 unspecified atom stereocenters. The summed E-state index contributed by atoms with van der Waals surface area (Å²) < 4.78 is 5.43. The molecule has 0 saturated carbocycles. The van der Waals surface area contributed by atoms with E-state index in [9.17, 15) is 0 Å². The van der Waals surface area contributed by atoms with Gasteiger partial charge in [0.2, 0.25) is 0 Å². The lowest BCUT2D eigenvalue weighted by Gasteiger charge is -2.39. The smallest absolute Gasteiger partial charge is 0.0507 e. The minimum Gasteiger partial charge on any atom is -0.381 e. The van der Waals surface area contributed by atoms with Crippen molar-refractivity contribution in [3.05, 3.63) is 0 Å². The molecule has 0 amide bonds. The summed E-state index contributed by atoms with van der Waals surface area (Å²) in [5, 5.41) is 3.35. The molecule has 3 nitrogen and oxygen atoms in total. The van der Waals surface area contributed by atoms with E-state index in [4.69, 9.17) is 4.74 Å². The Morgan fingerprint density at radius 3 is 2.79 bits per heavy atom. The fourth-order valence-electron chi connectivity index (χ4n) is 2.30. The summed E-state index contributed by atoms with van der Waals surface area (Å²) >= 11 is 0. The molecule has 0 aromatic heterocycles. The zero-order valence-electron chi connectivity index (χ0n) is 9.17. The SMILES string of the molecule is CCCN(CC1CCOC1)C1CNC1. The van der Waals surface area contributed by atoms with Gasteiger partial charge in [0.25, 0.3) is 0 Å². The maximum absolute atomic E-state index is 5.43. The van der Waals surface area contributed by atoms with Crippen molar-refractivity contribution in [2.75, 3.05) is 39.4 Å². The largest absolute Gasteiger partial charge is 0.381 e. The molecule has 1 atom stereocenters. The molecule has 2 aliphatic rings. The van der Waals surface area contributed by atoms with Crippen molar-refractivity contribution in [2.24, 2.45) is 5.92 Å². The molecule has 2 heterocycles. The molecule has 0 radical (unpaired) electrons. The van der Waals surface area contributed by atoms with Crippen LogP contribution in [-0.4, -0.2) is 50.3 Å². The summed E-state index contributed by atoms with van der Waals surface area (Å²) in [7, 11) is 0. The van der Waals surface area contributed by atoms with Crippen LogP contribution in [0.5, 0.6) is 0 Å². The number of rotatable bonds is 5. The number of nitrogens with zero attached hydrogens (tertiary/aromatic N) is 1. The van der Waals surface area contributed by atoms with Crippen molar-refractivity contribution in [3.8, 4) is 0 Å². The predicted octanol–water partition coefficient (Wildman–Crippen LogP) is 0.707. The van der Waals surface area contributed by atoms with E-state index >= 15 is 0 Å². The average molecular weight is 198 g/mol. The first-order valence-corrected chi connectivity index (χ1v) is 5.92. The lowest BCUT2D eigenvalue weighted by atomic mass is 10.0. The second-order valence-corrected chi connectivity index (χ2v) is 4.54. The molecule has 0 aromatic rings. The summed E-state index contributed by atoms with van der Waals surface area (Å²) in [5.74, 6) is 0.794. The first-order valence-electron chi connectivity index (χ1n) is 5.92. The van der Waals surface area contributed by atoms with Gasteiger partial charge in [0, 0.05) is 32.3 Å². The highest BCUT2D eigenvalue weighted by molar-refractivity contribution is 4.85. The maximum Gasteiger partial charge on any atom is 0.0507 e. The van der Waals surface area contributed by atoms with Crippen molar-refractivity contribution in [2.45, 2.75) is 25.8 Å². The van der Waals surface area contributed by atoms with Gasteiger partial charge in [0.15, 0.2) is 0 Å². The molecular formula is C11H22N2O. The monoisotopic (exact) mass is 198 g/mol. The molecule has 2 rings (SSSR count). The second-order valence-electron chi connectivity index (χ2n) is 4.54. The molecule has 3 heteroatoms. The van der Waals surface area contributed by atoms with Crippen LogP contribution in [0.25, 0.3) is 0 Å². The molecule has 0 bridgehead atoms. The lowest BCUT2D eigenvalue weighted by Crippen LogP contribution is -2.58. The van der Waals surface area contributed by atoms with Crippen LogP contribution >= 0.6 is 0 Å². The molecule has 0 aromatic carbocycles. The Kier molecular flexibility index (Phi) is 3.79. The molecule has 2 saturated heterocycles. The van der Waals surface area contributed by atoms with Gasteiger partial charge < -0.3 is 10.1 Å². The zero-order chi connectivity index (χ0) is 9.80. The molecule has 2 aliphatic heterocycles. The van der Waals surface area contributed by atoms with Crippen molar-refractivity contribution >= 4 is 0 Å². The third-order valence-corrected chi connectivity index (χ3v) is 3.30. The first kappa shape index (κ1) is 10.4. The van der Waals surface area contributed by atoms with E-state index in [0.29, 0.717) is 0 Å². The number of ether oxygens (including phenoxy) is 1. The van der Waals surface area contributed by atoms with E-state index in [1.165, 1.54) is 39.0 Å². The first-order chi connectivity index (χ1) is 6.90. The Morgan fingerprint density at radius 2 is 2.29 bits per heavy atom. The topological polar surface area (TPSA) is 24.5 Å². The zero-order valence-corrected chi connectivity index (χ0v) is 9.17. The van der Waals surface area contributed by atoms with E-state index in [1.807, 2.05) is 0 Å². The molecule has 1 N–H and O–H groups in total. The van der Waals surface area contributed by atoms with Gasteiger partial charge in [-0.15, -0.1) is 0 Å². The third kappa shape index (κ3) is 2.47. The maximum atomic E-state index is 5.43. The molecule has 82 valence electrons. The molecule has 2 fully saturated rings. The Hall–Kier alpha value is -0.120. The van der Waals surface area contributed by atoms with Crippen LogP contribution in [0, 0.1) is 5.92 Å². The number of hydrogen-bond acceptors (Lipinski definition) is 3. The van der Waals surface area contributed by atoms with E-state index in [2.05, 4.69) is 17.1 Å². The van der Waals surface area contributed by atoms with E-state index in [1.54, 1.807) is 0 Å². The van der Waals surface area contributed by atoms with Crippen molar-refractivity contribution < 1.29 is 4.74 Å². The van der Waals surface area contributed by atoms with Crippen LogP contribution in [-0.2, 0) is 4.74 Å². The molecular weight excluding hydrogens is 176 g/mol. The van der Waals surface area contributed by atoms with E-state index in [0.717, 1.165) is 25.2 Å². The Bertz CT molecular complexity index is 165. The minimum atomic E-state index is 0.794. The van der Waals surface area contributed by atoms with Crippen LogP contribution in [0.2, 0.25) is 0 Å². The normalized spacial score (nSPS) is 28.3. The van der Waals surface area contributed by atoms with Crippen molar-refractivity contribution in [3.63, 3.8) is 0 Å². The summed E-state index contributed by atoms with van der Waals surface area (Å²) in [6, 6.07) is 0.801. The molecule has 14 heavy (non-hydrogen) atoms. The van der Waals surface area contributed by atoms with E-state index in [-0.39, 0.29) is 0 Å². The van der Waals surface area contributed by atoms with Gasteiger partial charge >= 0.3 is 0 Å². The van der Waals surface area contributed by atoms with Crippen LogP contribution in [0.4, 0.5) is 0 Å². The van der Waals surface area contributed by atoms with Crippen LogP contribution < -0.4 is 5.32 Å². The molecule has 0 spiro atoms. The molecule has 0 aliphatic carbocycles. The van der Waals surface area contributed by atoms with Crippen molar-refractivity contribution in [1.82, 2.24) is 10.2 Å². The summed E-state index contributed by atoms with van der Waals surface area (Å²) in [5.41, 5.74) is 0. The Labute approximate surface area is 86.8 Å². The fourth-order valence-corrected chi connectivity index (χ4v) is 2.30. The van der Waals surface area contributed by atoms with Gasteiger partial charge in [-0.2, -0.15) is 0 Å². The highest BCUT2D eigenvalue weighted by atomic mass is 16.5. The Morgan fingerprint density at radius 1 is 1.43 bits per heavy atom. The fraction of sp³-hybridized carbons (Fsp3) is 1.00. The van der Waals surface area contributed by atoms with Gasteiger partial charge in [-0.05, 0) is 25.3 Å². The Balaban J connectivity index is 1.76. The van der Waals surface area contributed by atoms with Gasteiger partial charge in [0.05, 0.1) is 6.61 Å². The van der Waals surface area contributed by atoms with Gasteiger partial charge in [-0.3, -0.25) is 4.90 Å². The van der Waals surface area contributed by atoms with Crippen LogP contribution in [0.1, 0.15) is 19.8 Å². The number of nitrogens with one attached hydrogen (secondary N) is 1. The minimum absolute atomic E-state index is 0.794. The van der Waals surface area contributed by atoms with Crippen molar-refractivity contribution in [1.29, 1.82) is 0 Å².